The number of hydrogen-bond acceptors (Lipinski definition) is 1. The molecule has 1 N–H and O–H groups in total. The number of aryl methyl sites for hydroxylation is 2. The first-order valence-corrected chi connectivity index (χ1v) is 4.66. The third-order valence-electron chi connectivity index (χ3n) is 2.68. The van der Waals surface area contributed by atoms with Gasteiger partial charge in [-0.05, 0) is 30.5 Å². The third kappa shape index (κ3) is 2.10. The molecule has 13 heavy (non-hydrogen) atoms. The Hall–Kier alpha value is -0.820. The van der Waals surface area contributed by atoms with Gasteiger partial charge in [0, 0.05) is 5.41 Å². The van der Waals surface area contributed by atoms with E-state index in [1.54, 1.807) is 0 Å². The molecule has 0 amide bonds. The van der Waals surface area contributed by atoms with Crippen molar-refractivity contribution in [2.24, 2.45) is 0 Å². The number of aliphatic hydroxyl groups excluding tert-OH is 1. The smallest absolute Gasteiger partial charge is 0.0522 e. The van der Waals surface area contributed by atoms with Crippen LogP contribution in [0.3, 0.4) is 0 Å². The van der Waals surface area contributed by atoms with E-state index in [1.807, 2.05) is 0 Å². The highest BCUT2D eigenvalue weighted by molar-refractivity contribution is 5.33. The summed E-state index contributed by atoms with van der Waals surface area (Å²) in [5, 5.41) is 9.21. The second-order valence-electron chi connectivity index (χ2n) is 4.34. The Morgan fingerprint density at radius 1 is 1.15 bits per heavy atom. The summed E-state index contributed by atoms with van der Waals surface area (Å²) >= 11 is 0. The minimum absolute atomic E-state index is 0.127. The lowest BCUT2D eigenvalue weighted by Crippen LogP contribution is -2.22. The molecule has 0 atom stereocenters. The zero-order valence-electron chi connectivity index (χ0n) is 8.89. The quantitative estimate of drug-likeness (QED) is 0.738. The number of benzene rings is 1. The van der Waals surface area contributed by atoms with Crippen LogP contribution in [0, 0.1) is 13.8 Å². The molecule has 0 aliphatic rings. The third-order valence-corrected chi connectivity index (χ3v) is 2.68. The van der Waals surface area contributed by atoms with Gasteiger partial charge in [-0.15, -0.1) is 0 Å². The van der Waals surface area contributed by atoms with Crippen molar-refractivity contribution in [1.82, 2.24) is 0 Å². The number of rotatable bonds is 2. The minimum Gasteiger partial charge on any atom is -0.395 e. The summed E-state index contributed by atoms with van der Waals surface area (Å²) in [6.45, 7) is 8.50. The van der Waals surface area contributed by atoms with Crippen LogP contribution >= 0.6 is 0 Å². The van der Waals surface area contributed by atoms with E-state index in [1.165, 1.54) is 16.7 Å². The zero-order valence-corrected chi connectivity index (χ0v) is 8.89. The highest BCUT2D eigenvalue weighted by Crippen LogP contribution is 2.24. The van der Waals surface area contributed by atoms with Crippen molar-refractivity contribution in [3.8, 4) is 0 Å². The molecule has 72 valence electrons. The Morgan fingerprint density at radius 3 is 2.23 bits per heavy atom. The van der Waals surface area contributed by atoms with Crippen molar-refractivity contribution in [3.05, 3.63) is 34.9 Å². The molecule has 0 fully saturated rings. The molecule has 1 nitrogen and oxygen atoms in total. The molecule has 0 bridgehead atoms. The molecule has 0 aliphatic heterocycles. The van der Waals surface area contributed by atoms with Crippen LogP contribution < -0.4 is 0 Å². The van der Waals surface area contributed by atoms with Gasteiger partial charge in [0.1, 0.15) is 0 Å². The van der Waals surface area contributed by atoms with Gasteiger partial charge in [0.05, 0.1) is 6.61 Å². The van der Waals surface area contributed by atoms with Crippen molar-refractivity contribution < 1.29 is 5.11 Å². The molecular weight excluding hydrogens is 160 g/mol. The van der Waals surface area contributed by atoms with Crippen LogP contribution in [-0.4, -0.2) is 11.7 Å². The molecule has 0 aliphatic carbocycles. The van der Waals surface area contributed by atoms with E-state index < -0.39 is 0 Å². The van der Waals surface area contributed by atoms with Crippen LogP contribution in [0.15, 0.2) is 18.2 Å². The fourth-order valence-electron chi connectivity index (χ4n) is 1.25. The van der Waals surface area contributed by atoms with Crippen molar-refractivity contribution in [2.45, 2.75) is 33.1 Å². The highest BCUT2D eigenvalue weighted by Gasteiger charge is 2.19. The summed E-state index contributed by atoms with van der Waals surface area (Å²) in [6, 6.07) is 6.37. The Balaban J connectivity index is 3.10. The fraction of sp³-hybridized carbons (Fsp3) is 0.500. The van der Waals surface area contributed by atoms with E-state index in [9.17, 15) is 5.11 Å². The maximum atomic E-state index is 9.21. The number of aliphatic hydroxyl groups is 1. The summed E-state index contributed by atoms with van der Waals surface area (Å²) < 4.78 is 0. The fourth-order valence-corrected chi connectivity index (χ4v) is 1.25. The van der Waals surface area contributed by atoms with Gasteiger partial charge in [-0.2, -0.15) is 0 Å². The first kappa shape index (κ1) is 10.3. The van der Waals surface area contributed by atoms with Gasteiger partial charge >= 0.3 is 0 Å². The monoisotopic (exact) mass is 178 g/mol. The molecular formula is C12H18O. The van der Waals surface area contributed by atoms with E-state index in [-0.39, 0.29) is 12.0 Å². The summed E-state index contributed by atoms with van der Waals surface area (Å²) in [4.78, 5) is 0. The van der Waals surface area contributed by atoms with E-state index in [0.29, 0.717) is 0 Å². The molecule has 0 unspecified atom stereocenters. The standard InChI is InChI=1S/C12H18O/c1-9-5-6-11(7-10(9)2)12(3,4)8-13/h5-7,13H,8H2,1-4H3. The van der Waals surface area contributed by atoms with Gasteiger partial charge in [0.25, 0.3) is 0 Å². The van der Waals surface area contributed by atoms with Gasteiger partial charge in [0.2, 0.25) is 0 Å². The van der Waals surface area contributed by atoms with Gasteiger partial charge in [-0.25, -0.2) is 0 Å². The average Bonchev–Trinajstić information content (AvgIpc) is 2.09. The molecule has 1 aromatic carbocycles. The van der Waals surface area contributed by atoms with Crippen LogP contribution in [0.2, 0.25) is 0 Å². The van der Waals surface area contributed by atoms with Crippen LogP contribution in [0.5, 0.6) is 0 Å². The Kier molecular flexibility index (Phi) is 2.77. The molecule has 0 radical (unpaired) electrons. The Morgan fingerprint density at radius 2 is 1.77 bits per heavy atom. The highest BCUT2D eigenvalue weighted by atomic mass is 16.3. The van der Waals surface area contributed by atoms with Crippen molar-refractivity contribution >= 4 is 0 Å². The molecule has 0 aromatic heterocycles. The van der Waals surface area contributed by atoms with Crippen LogP contribution in [0.25, 0.3) is 0 Å². The normalized spacial score (nSPS) is 11.8. The van der Waals surface area contributed by atoms with E-state index >= 15 is 0 Å². The molecule has 1 aromatic rings. The zero-order chi connectivity index (χ0) is 10.1. The second-order valence-corrected chi connectivity index (χ2v) is 4.34. The van der Waals surface area contributed by atoms with Crippen LogP contribution in [-0.2, 0) is 5.41 Å². The van der Waals surface area contributed by atoms with Crippen molar-refractivity contribution in [2.75, 3.05) is 6.61 Å². The van der Waals surface area contributed by atoms with E-state index in [0.717, 1.165) is 0 Å². The van der Waals surface area contributed by atoms with Crippen LogP contribution in [0.4, 0.5) is 0 Å². The molecule has 0 saturated carbocycles. The maximum Gasteiger partial charge on any atom is 0.0522 e. The van der Waals surface area contributed by atoms with E-state index in [4.69, 9.17) is 0 Å². The predicted octanol–water partition coefficient (Wildman–Crippen LogP) is 2.57. The lowest BCUT2D eigenvalue weighted by molar-refractivity contribution is 0.218. The lowest BCUT2D eigenvalue weighted by Gasteiger charge is -2.23. The summed E-state index contributed by atoms with van der Waals surface area (Å²) in [6.07, 6.45) is 0. The SMILES string of the molecule is Cc1ccc(C(C)(C)CO)cc1C. The van der Waals surface area contributed by atoms with Crippen LogP contribution in [0.1, 0.15) is 30.5 Å². The predicted molar refractivity (Wildman–Crippen MR) is 56.0 cm³/mol. The summed E-state index contributed by atoms with van der Waals surface area (Å²) in [7, 11) is 0. The van der Waals surface area contributed by atoms with Gasteiger partial charge in [0.15, 0.2) is 0 Å². The molecule has 0 spiro atoms. The first-order chi connectivity index (χ1) is 5.97. The average molecular weight is 178 g/mol. The molecule has 0 saturated heterocycles. The van der Waals surface area contributed by atoms with Crippen molar-refractivity contribution in [1.29, 1.82) is 0 Å². The lowest BCUT2D eigenvalue weighted by atomic mass is 9.84. The molecule has 1 rings (SSSR count). The van der Waals surface area contributed by atoms with Gasteiger partial charge < -0.3 is 5.11 Å². The number of hydrogen-bond donors (Lipinski definition) is 1. The van der Waals surface area contributed by atoms with Crippen molar-refractivity contribution in [3.63, 3.8) is 0 Å². The maximum absolute atomic E-state index is 9.21. The summed E-state index contributed by atoms with van der Waals surface area (Å²) in [5.74, 6) is 0. The van der Waals surface area contributed by atoms with E-state index in [2.05, 4.69) is 45.9 Å². The topological polar surface area (TPSA) is 20.2 Å². The second kappa shape index (κ2) is 3.51. The first-order valence-electron chi connectivity index (χ1n) is 4.66. The molecule has 1 heteroatoms. The minimum atomic E-state index is -0.127. The van der Waals surface area contributed by atoms with Gasteiger partial charge in [-0.1, -0.05) is 32.0 Å². The Labute approximate surface area is 80.4 Å². The Bertz CT molecular complexity index is 300. The summed E-state index contributed by atoms with van der Waals surface area (Å²) in [5.41, 5.74) is 3.67. The van der Waals surface area contributed by atoms with Gasteiger partial charge in [-0.3, -0.25) is 0 Å². The largest absolute Gasteiger partial charge is 0.395 e. The molecule has 0 heterocycles.